The molecule has 2 fully saturated rings. The molecule has 2 heterocycles. The molecule has 1 aromatic heterocycles. The molecule has 1 saturated heterocycles. The number of amides is 2. The molecule has 2 amide bonds. The van der Waals surface area contributed by atoms with Crippen LogP contribution in [0.5, 0.6) is 0 Å². The van der Waals surface area contributed by atoms with Crippen molar-refractivity contribution in [3.8, 4) is 0 Å². The number of hydrogen-bond donors (Lipinski definition) is 2. The molecule has 1 aliphatic heterocycles. The molecule has 0 aromatic carbocycles. The van der Waals surface area contributed by atoms with E-state index in [2.05, 4.69) is 15.6 Å². The first-order valence-electron chi connectivity index (χ1n) is 8.84. The fraction of sp³-hybridized carbons (Fsp3) is 0.611. The van der Waals surface area contributed by atoms with Crippen LogP contribution in [-0.2, 0) is 20.9 Å². The molecular weight excluding hydrogens is 320 g/mol. The van der Waals surface area contributed by atoms with Crippen molar-refractivity contribution in [2.75, 3.05) is 33.4 Å². The summed E-state index contributed by atoms with van der Waals surface area (Å²) in [5, 5.41) is 6.16. The van der Waals surface area contributed by atoms with Crippen molar-refractivity contribution in [3.63, 3.8) is 0 Å². The zero-order valence-electron chi connectivity index (χ0n) is 14.7. The summed E-state index contributed by atoms with van der Waals surface area (Å²) >= 11 is 0. The summed E-state index contributed by atoms with van der Waals surface area (Å²) in [7, 11) is 1.63. The van der Waals surface area contributed by atoms with E-state index in [0.29, 0.717) is 32.8 Å². The summed E-state index contributed by atoms with van der Waals surface area (Å²) in [6, 6.07) is 3.26. The summed E-state index contributed by atoms with van der Waals surface area (Å²) in [6.07, 6.45) is 6.12. The molecule has 3 rings (SSSR count). The van der Waals surface area contributed by atoms with Crippen LogP contribution in [0, 0.1) is 5.41 Å². The molecule has 0 bridgehead atoms. The number of nitrogens with zero attached hydrogens (tertiary/aromatic N) is 2. The molecule has 7 nitrogen and oxygen atoms in total. The summed E-state index contributed by atoms with van der Waals surface area (Å²) in [6.45, 7) is 2.61. The van der Waals surface area contributed by atoms with Gasteiger partial charge in [-0.25, -0.2) is 0 Å². The summed E-state index contributed by atoms with van der Waals surface area (Å²) in [5.41, 5.74) is 0.551. The van der Waals surface area contributed by atoms with E-state index in [4.69, 9.17) is 4.74 Å². The molecule has 0 spiro atoms. The van der Waals surface area contributed by atoms with Crippen molar-refractivity contribution in [1.29, 1.82) is 0 Å². The maximum absolute atomic E-state index is 13.1. The lowest BCUT2D eigenvalue weighted by Gasteiger charge is -2.46. The third-order valence-electron chi connectivity index (χ3n) is 5.21. The Morgan fingerprint density at radius 1 is 1.40 bits per heavy atom. The van der Waals surface area contributed by atoms with Crippen LogP contribution in [0.3, 0.4) is 0 Å². The van der Waals surface area contributed by atoms with E-state index in [9.17, 15) is 9.59 Å². The number of ether oxygens (including phenoxy) is 1. The van der Waals surface area contributed by atoms with Crippen LogP contribution in [0.15, 0.2) is 24.5 Å². The molecule has 2 N–H and O–H groups in total. The Morgan fingerprint density at radius 3 is 2.80 bits per heavy atom. The minimum Gasteiger partial charge on any atom is -0.384 e. The highest BCUT2D eigenvalue weighted by Gasteiger charge is 2.48. The molecule has 2 aliphatic rings. The Morgan fingerprint density at radius 2 is 2.16 bits per heavy atom. The van der Waals surface area contributed by atoms with Crippen LogP contribution >= 0.6 is 0 Å². The van der Waals surface area contributed by atoms with Gasteiger partial charge < -0.3 is 20.3 Å². The van der Waals surface area contributed by atoms with Gasteiger partial charge in [0.2, 0.25) is 11.8 Å². The van der Waals surface area contributed by atoms with E-state index >= 15 is 0 Å². The highest BCUT2D eigenvalue weighted by Crippen LogP contribution is 2.43. The Bertz CT molecular complexity index is 604. The predicted octanol–water partition coefficient (Wildman–Crippen LogP) is 0.315. The number of piperazine rings is 1. The minimum atomic E-state index is -0.475. The first-order chi connectivity index (χ1) is 12.2. The molecule has 1 aromatic rings. The van der Waals surface area contributed by atoms with Gasteiger partial charge in [-0.1, -0.05) is 6.42 Å². The maximum Gasteiger partial charge on any atom is 0.244 e. The highest BCUT2D eigenvalue weighted by molar-refractivity contribution is 5.91. The van der Waals surface area contributed by atoms with E-state index in [-0.39, 0.29) is 11.8 Å². The second-order valence-electron chi connectivity index (χ2n) is 6.86. The molecule has 1 aliphatic carbocycles. The van der Waals surface area contributed by atoms with Gasteiger partial charge in [-0.05, 0) is 30.5 Å². The lowest BCUT2D eigenvalue weighted by Crippen LogP contribution is -2.63. The predicted molar refractivity (Wildman–Crippen MR) is 92.6 cm³/mol. The smallest absolute Gasteiger partial charge is 0.244 e. The van der Waals surface area contributed by atoms with Gasteiger partial charge in [-0.15, -0.1) is 0 Å². The van der Waals surface area contributed by atoms with Gasteiger partial charge in [0, 0.05) is 45.7 Å². The van der Waals surface area contributed by atoms with Crippen molar-refractivity contribution in [2.45, 2.75) is 31.8 Å². The zero-order chi connectivity index (χ0) is 17.7. The monoisotopic (exact) mass is 346 g/mol. The fourth-order valence-corrected chi connectivity index (χ4v) is 3.59. The van der Waals surface area contributed by atoms with Crippen LogP contribution in [0.4, 0.5) is 0 Å². The summed E-state index contributed by atoms with van der Waals surface area (Å²) in [5.74, 6) is -0.0598. The van der Waals surface area contributed by atoms with Crippen LogP contribution < -0.4 is 10.6 Å². The third-order valence-corrected chi connectivity index (χ3v) is 5.21. The second kappa shape index (κ2) is 7.93. The van der Waals surface area contributed by atoms with Gasteiger partial charge in [0.1, 0.15) is 6.04 Å². The highest BCUT2D eigenvalue weighted by atomic mass is 16.5. The van der Waals surface area contributed by atoms with E-state index < -0.39 is 11.5 Å². The van der Waals surface area contributed by atoms with Crippen molar-refractivity contribution >= 4 is 11.8 Å². The molecule has 0 unspecified atom stereocenters. The van der Waals surface area contributed by atoms with Crippen molar-refractivity contribution in [3.05, 3.63) is 30.1 Å². The van der Waals surface area contributed by atoms with E-state index in [1.165, 1.54) is 0 Å². The average molecular weight is 346 g/mol. The number of nitrogens with one attached hydrogen (secondary N) is 2. The van der Waals surface area contributed by atoms with Crippen molar-refractivity contribution in [1.82, 2.24) is 20.5 Å². The normalized spacial score (nSPS) is 22.1. The van der Waals surface area contributed by atoms with Crippen LogP contribution in [0.1, 0.15) is 24.8 Å². The second-order valence-corrected chi connectivity index (χ2v) is 6.86. The van der Waals surface area contributed by atoms with Crippen LogP contribution in [0.25, 0.3) is 0 Å². The molecular formula is C18H26N4O3. The Hall–Kier alpha value is -1.99. The molecule has 0 radical (unpaired) electrons. The third kappa shape index (κ3) is 3.82. The van der Waals surface area contributed by atoms with Gasteiger partial charge in [0.05, 0.1) is 12.0 Å². The fourth-order valence-electron chi connectivity index (χ4n) is 3.59. The van der Waals surface area contributed by atoms with Crippen LogP contribution in [0.2, 0.25) is 0 Å². The number of hydrogen-bond acceptors (Lipinski definition) is 5. The topological polar surface area (TPSA) is 83.6 Å². The van der Waals surface area contributed by atoms with Gasteiger partial charge >= 0.3 is 0 Å². The van der Waals surface area contributed by atoms with E-state index in [0.717, 1.165) is 24.8 Å². The number of rotatable bonds is 6. The Labute approximate surface area is 148 Å². The number of carbonyl (C=O) groups excluding carboxylic acids is 2. The lowest BCUT2D eigenvalue weighted by molar-refractivity contribution is -0.158. The number of carbonyl (C=O) groups is 2. The molecule has 25 heavy (non-hydrogen) atoms. The Balaban J connectivity index is 1.65. The molecule has 1 atom stereocenters. The minimum absolute atomic E-state index is 0.0613. The van der Waals surface area contributed by atoms with Crippen LogP contribution in [-0.4, -0.2) is 61.1 Å². The van der Waals surface area contributed by atoms with Gasteiger partial charge in [0.15, 0.2) is 0 Å². The first-order valence-corrected chi connectivity index (χ1v) is 8.84. The summed E-state index contributed by atoms with van der Waals surface area (Å²) in [4.78, 5) is 31.5. The summed E-state index contributed by atoms with van der Waals surface area (Å²) < 4.78 is 5.29. The van der Waals surface area contributed by atoms with E-state index in [1.54, 1.807) is 24.4 Å². The van der Waals surface area contributed by atoms with Gasteiger partial charge in [-0.2, -0.15) is 0 Å². The first kappa shape index (κ1) is 17.8. The molecule has 1 saturated carbocycles. The van der Waals surface area contributed by atoms with Crippen molar-refractivity contribution in [2.24, 2.45) is 5.41 Å². The quantitative estimate of drug-likeness (QED) is 0.775. The Kier molecular flexibility index (Phi) is 5.65. The number of aromatic nitrogens is 1. The lowest BCUT2D eigenvalue weighted by atomic mass is 9.68. The largest absolute Gasteiger partial charge is 0.384 e. The van der Waals surface area contributed by atoms with Gasteiger partial charge in [0.25, 0.3) is 0 Å². The average Bonchev–Trinajstić information content (AvgIpc) is 2.63. The number of pyridine rings is 1. The van der Waals surface area contributed by atoms with Gasteiger partial charge in [-0.3, -0.25) is 14.6 Å². The number of methoxy groups -OCH3 is 1. The molecule has 136 valence electrons. The zero-order valence-corrected chi connectivity index (χ0v) is 14.7. The standard InChI is InChI=1S/C18H26N4O3/c1-25-13-18(5-2-6-18)17(24)22-10-9-20-12-15(22)16(23)21-11-14-3-7-19-8-4-14/h3-4,7-8,15,20H,2,5-6,9-13H2,1H3,(H,21,23)/t15-/m0/s1. The van der Waals surface area contributed by atoms with Crippen molar-refractivity contribution < 1.29 is 14.3 Å². The molecule has 7 heteroatoms. The SMILES string of the molecule is COCC1(C(=O)N2CCNC[C@H]2C(=O)NCc2ccncc2)CCC1. The van der Waals surface area contributed by atoms with E-state index in [1.807, 2.05) is 12.1 Å². The maximum atomic E-state index is 13.1.